The number of H-pyrrole nitrogens is 1. The van der Waals surface area contributed by atoms with E-state index in [9.17, 15) is 9.18 Å². The number of benzene rings is 2. The van der Waals surface area contributed by atoms with Crippen LogP contribution in [0.15, 0.2) is 59.7 Å². The summed E-state index contributed by atoms with van der Waals surface area (Å²) in [4.78, 5) is 18.4. The monoisotopic (exact) mass is 333 g/mol. The average Bonchev–Trinajstić information content (AvgIpc) is 3.08. The molecule has 2 heterocycles. The summed E-state index contributed by atoms with van der Waals surface area (Å²) in [5, 5.41) is 0. The summed E-state index contributed by atoms with van der Waals surface area (Å²) in [7, 11) is 0. The van der Waals surface area contributed by atoms with Gasteiger partial charge in [-0.05, 0) is 36.1 Å². The number of nitrogens with one attached hydrogen (secondary N) is 1. The first-order chi connectivity index (χ1) is 12.0. The number of nitrogens with zero attached hydrogens (tertiary/aromatic N) is 2. The maximum atomic E-state index is 13.8. The van der Waals surface area contributed by atoms with E-state index in [1.165, 1.54) is 15.5 Å². The van der Waals surface area contributed by atoms with Gasteiger partial charge in [0.15, 0.2) is 11.5 Å². The minimum Gasteiger partial charge on any atom is -0.311 e. The molecule has 0 saturated carbocycles. The third-order valence-electron chi connectivity index (χ3n) is 4.48. The normalized spacial score (nSPS) is 11.2. The number of halogens is 1. The summed E-state index contributed by atoms with van der Waals surface area (Å²) in [5.74, 6) is -0.558. The van der Waals surface area contributed by atoms with E-state index >= 15 is 0 Å². The van der Waals surface area contributed by atoms with E-state index in [4.69, 9.17) is 0 Å². The molecule has 0 atom stereocenters. The SMILES string of the molecule is Cc1ccc(-c2ccc(-c3cn4c(=O)[nH]cc(F)c4n3)cc2)cc1C. The van der Waals surface area contributed by atoms with Crippen LogP contribution in [0.3, 0.4) is 0 Å². The standard InChI is InChI=1S/C20H16FN3O/c1-12-3-4-16(9-13(12)2)14-5-7-15(8-6-14)18-11-24-19(23-18)17(21)10-22-20(24)25/h3-11H,1-2H3,(H,22,25). The molecule has 0 bridgehead atoms. The Morgan fingerprint density at radius 3 is 2.32 bits per heavy atom. The van der Waals surface area contributed by atoms with Crippen molar-refractivity contribution in [2.24, 2.45) is 0 Å². The molecular formula is C20H16FN3O. The van der Waals surface area contributed by atoms with Crippen molar-refractivity contribution in [1.29, 1.82) is 0 Å². The van der Waals surface area contributed by atoms with Crippen LogP contribution in [-0.2, 0) is 0 Å². The fraction of sp³-hybridized carbons (Fsp3) is 0.100. The molecule has 0 amide bonds. The molecule has 0 saturated heterocycles. The Labute approximate surface area is 143 Å². The van der Waals surface area contributed by atoms with Crippen LogP contribution in [0.25, 0.3) is 28.0 Å². The number of aromatic nitrogens is 3. The third-order valence-corrected chi connectivity index (χ3v) is 4.48. The highest BCUT2D eigenvalue weighted by Crippen LogP contribution is 2.26. The first-order valence-corrected chi connectivity index (χ1v) is 7.97. The molecule has 5 heteroatoms. The molecule has 4 rings (SSSR count). The largest absolute Gasteiger partial charge is 0.331 e. The number of aromatic amines is 1. The molecule has 2 aromatic heterocycles. The molecule has 0 aliphatic carbocycles. The van der Waals surface area contributed by atoms with Gasteiger partial charge in [0.1, 0.15) is 0 Å². The molecule has 2 aromatic carbocycles. The summed E-state index contributed by atoms with van der Waals surface area (Å²) in [6, 6.07) is 14.2. The van der Waals surface area contributed by atoms with Crippen LogP contribution in [0.2, 0.25) is 0 Å². The van der Waals surface area contributed by atoms with E-state index in [2.05, 4.69) is 42.0 Å². The van der Waals surface area contributed by atoms with E-state index in [0.717, 1.165) is 22.9 Å². The molecule has 0 fully saturated rings. The molecular weight excluding hydrogens is 317 g/mol. The number of hydrogen-bond donors (Lipinski definition) is 1. The van der Waals surface area contributed by atoms with E-state index in [1.54, 1.807) is 6.20 Å². The van der Waals surface area contributed by atoms with Gasteiger partial charge in [0, 0.05) is 18.0 Å². The van der Waals surface area contributed by atoms with E-state index in [1.807, 2.05) is 24.3 Å². The number of imidazole rings is 1. The highest BCUT2D eigenvalue weighted by atomic mass is 19.1. The predicted molar refractivity (Wildman–Crippen MR) is 96.1 cm³/mol. The zero-order valence-corrected chi connectivity index (χ0v) is 13.9. The molecule has 0 aliphatic heterocycles. The van der Waals surface area contributed by atoms with Crippen molar-refractivity contribution in [1.82, 2.24) is 14.4 Å². The van der Waals surface area contributed by atoms with Crippen molar-refractivity contribution < 1.29 is 4.39 Å². The quantitative estimate of drug-likeness (QED) is 0.600. The molecule has 4 aromatic rings. The Morgan fingerprint density at radius 2 is 1.64 bits per heavy atom. The van der Waals surface area contributed by atoms with Gasteiger partial charge in [-0.2, -0.15) is 0 Å². The highest BCUT2D eigenvalue weighted by molar-refractivity contribution is 5.70. The first-order valence-electron chi connectivity index (χ1n) is 7.97. The van der Waals surface area contributed by atoms with Gasteiger partial charge in [-0.25, -0.2) is 18.6 Å². The second-order valence-corrected chi connectivity index (χ2v) is 6.14. The second-order valence-electron chi connectivity index (χ2n) is 6.14. The molecule has 0 unspecified atom stereocenters. The van der Waals surface area contributed by atoms with E-state index in [-0.39, 0.29) is 5.65 Å². The Kier molecular flexibility index (Phi) is 3.50. The highest BCUT2D eigenvalue weighted by Gasteiger charge is 2.10. The van der Waals surface area contributed by atoms with E-state index in [0.29, 0.717) is 5.69 Å². The van der Waals surface area contributed by atoms with Crippen molar-refractivity contribution in [3.63, 3.8) is 0 Å². The zero-order chi connectivity index (χ0) is 17.6. The average molecular weight is 333 g/mol. The van der Waals surface area contributed by atoms with Crippen molar-refractivity contribution in [3.8, 4) is 22.4 Å². The number of hydrogen-bond acceptors (Lipinski definition) is 2. The van der Waals surface area contributed by atoms with Crippen LogP contribution >= 0.6 is 0 Å². The Bertz CT molecular complexity index is 1140. The van der Waals surface area contributed by atoms with Gasteiger partial charge >= 0.3 is 5.69 Å². The van der Waals surface area contributed by atoms with Crippen LogP contribution in [0, 0.1) is 19.7 Å². The number of rotatable bonds is 2. The lowest BCUT2D eigenvalue weighted by molar-refractivity contribution is 0.619. The maximum Gasteiger partial charge on any atom is 0.331 e. The van der Waals surface area contributed by atoms with Gasteiger partial charge in [0.25, 0.3) is 0 Å². The molecule has 25 heavy (non-hydrogen) atoms. The summed E-state index contributed by atoms with van der Waals surface area (Å²) < 4.78 is 15.0. The van der Waals surface area contributed by atoms with Gasteiger partial charge in [0.05, 0.1) is 5.69 Å². The minimum atomic E-state index is -0.558. The van der Waals surface area contributed by atoms with Crippen LogP contribution in [0.5, 0.6) is 0 Å². The lowest BCUT2D eigenvalue weighted by Crippen LogP contribution is -2.15. The van der Waals surface area contributed by atoms with Crippen LogP contribution < -0.4 is 5.69 Å². The Hall–Kier alpha value is -3.21. The molecule has 1 N–H and O–H groups in total. The van der Waals surface area contributed by atoms with Gasteiger partial charge in [0.2, 0.25) is 0 Å². The predicted octanol–water partition coefficient (Wildman–Crippen LogP) is 4.11. The fourth-order valence-electron chi connectivity index (χ4n) is 2.86. The number of aryl methyl sites for hydroxylation is 2. The van der Waals surface area contributed by atoms with Crippen molar-refractivity contribution in [3.05, 3.63) is 82.3 Å². The van der Waals surface area contributed by atoms with Gasteiger partial charge in [-0.15, -0.1) is 0 Å². The van der Waals surface area contributed by atoms with Crippen LogP contribution in [-0.4, -0.2) is 14.4 Å². The smallest absolute Gasteiger partial charge is 0.311 e. The van der Waals surface area contributed by atoms with Crippen LogP contribution in [0.1, 0.15) is 11.1 Å². The minimum absolute atomic E-state index is 0.0250. The lowest BCUT2D eigenvalue weighted by atomic mass is 9.99. The topological polar surface area (TPSA) is 50.2 Å². The van der Waals surface area contributed by atoms with Crippen LogP contribution in [0.4, 0.5) is 4.39 Å². The summed E-state index contributed by atoms with van der Waals surface area (Å²) >= 11 is 0. The molecule has 0 spiro atoms. The van der Waals surface area contributed by atoms with Crippen molar-refractivity contribution in [2.75, 3.05) is 0 Å². The molecule has 0 radical (unpaired) electrons. The fourth-order valence-corrected chi connectivity index (χ4v) is 2.86. The van der Waals surface area contributed by atoms with Gasteiger partial charge in [-0.1, -0.05) is 42.5 Å². The first kappa shape index (κ1) is 15.3. The van der Waals surface area contributed by atoms with Crippen molar-refractivity contribution in [2.45, 2.75) is 13.8 Å². The Morgan fingerprint density at radius 1 is 0.960 bits per heavy atom. The molecule has 124 valence electrons. The second kappa shape index (κ2) is 5.70. The summed E-state index contributed by atoms with van der Waals surface area (Å²) in [6.45, 7) is 4.18. The maximum absolute atomic E-state index is 13.8. The van der Waals surface area contributed by atoms with Gasteiger partial charge < -0.3 is 4.98 Å². The lowest BCUT2D eigenvalue weighted by Gasteiger charge is -2.06. The van der Waals surface area contributed by atoms with Gasteiger partial charge in [-0.3, -0.25) is 0 Å². The van der Waals surface area contributed by atoms with Crippen molar-refractivity contribution >= 4 is 5.65 Å². The molecule has 4 nitrogen and oxygen atoms in total. The van der Waals surface area contributed by atoms with E-state index < -0.39 is 11.5 Å². The Balaban J connectivity index is 1.75. The summed E-state index contributed by atoms with van der Waals surface area (Å²) in [6.07, 6.45) is 2.57. The zero-order valence-electron chi connectivity index (χ0n) is 13.9. The number of fused-ring (bicyclic) bond motifs is 1. The molecule has 0 aliphatic rings. The third kappa shape index (κ3) is 2.63. The summed E-state index contributed by atoms with van der Waals surface area (Å²) in [5.41, 5.74) is 5.75.